The zero-order chi connectivity index (χ0) is 24.8. The number of carbonyl (C=O) groups excluding carboxylic acids is 1. The predicted octanol–water partition coefficient (Wildman–Crippen LogP) is 3.82. The average Bonchev–Trinajstić information content (AvgIpc) is 2.97. The Morgan fingerprint density at radius 1 is 1.12 bits per heavy atom. The number of nitrogens with one attached hydrogen (secondary N) is 1. The number of carbonyl (C=O) groups is 1. The number of hydrogen-bond donors (Lipinski definition) is 1. The molecule has 0 spiro atoms. The molecule has 1 N–H and O–H groups in total. The van der Waals surface area contributed by atoms with Gasteiger partial charge in [0.05, 0.1) is 25.2 Å². The van der Waals surface area contributed by atoms with E-state index in [1.807, 2.05) is 0 Å². The molecule has 0 aliphatic carbocycles. The van der Waals surface area contributed by atoms with Crippen molar-refractivity contribution in [2.45, 2.75) is 69.4 Å². The standard InChI is InChI=1S/C22H29F6N3O3/c23-21(24,25)9-5-19(32)29-16-2-3-17(33-13-16)7-11-31-10-6-15-1-4-20(30-18(15)8-12-31)34-14-22(26,27)28/h1,4,16-17H,2-3,5-14H2,(H,29,32)/t16-,17+/m0/s1. The summed E-state index contributed by atoms with van der Waals surface area (Å²) >= 11 is 0. The Labute approximate surface area is 194 Å². The van der Waals surface area contributed by atoms with Crippen LogP contribution in [-0.2, 0) is 22.4 Å². The van der Waals surface area contributed by atoms with Crippen LogP contribution in [0.1, 0.15) is 43.4 Å². The fourth-order valence-corrected chi connectivity index (χ4v) is 4.10. The molecule has 0 saturated carbocycles. The van der Waals surface area contributed by atoms with E-state index in [0.29, 0.717) is 25.8 Å². The normalized spacial score (nSPS) is 22.1. The Balaban J connectivity index is 1.36. The molecule has 1 amide bonds. The van der Waals surface area contributed by atoms with Crippen LogP contribution < -0.4 is 10.1 Å². The van der Waals surface area contributed by atoms with E-state index in [1.165, 1.54) is 6.07 Å². The number of nitrogens with zero attached hydrogens (tertiary/aromatic N) is 2. The number of pyridine rings is 1. The third-order valence-corrected chi connectivity index (χ3v) is 5.93. The second kappa shape index (κ2) is 11.6. The highest BCUT2D eigenvalue weighted by Crippen LogP contribution is 2.23. The second-order valence-corrected chi connectivity index (χ2v) is 8.70. The van der Waals surface area contributed by atoms with Crippen molar-refractivity contribution in [2.24, 2.45) is 0 Å². The molecule has 1 aromatic rings. The van der Waals surface area contributed by atoms with E-state index in [2.05, 4.69) is 15.2 Å². The summed E-state index contributed by atoms with van der Waals surface area (Å²) in [5, 5.41) is 2.60. The van der Waals surface area contributed by atoms with Crippen molar-refractivity contribution < 1.29 is 40.6 Å². The summed E-state index contributed by atoms with van der Waals surface area (Å²) in [4.78, 5) is 18.2. The van der Waals surface area contributed by atoms with Crippen LogP contribution in [0.25, 0.3) is 0 Å². The van der Waals surface area contributed by atoms with Gasteiger partial charge in [-0.1, -0.05) is 6.07 Å². The fraction of sp³-hybridized carbons (Fsp3) is 0.727. The molecule has 3 rings (SSSR count). The van der Waals surface area contributed by atoms with E-state index in [-0.39, 0.29) is 24.6 Å². The molecule has 1 fully saturated rings. The Kier molecular flexibility index (Phi) is 9.02. The zero-order valence-corrected chi connectivity index (χ0v) is 18.7. The van der Waals surface area contributed by atoms with Crippen LogP contribution in [0.3, 0.4) is 0 Å². The number of hydrogen-bond acceptors (Lipinski definition) is 5. The first kappa shape index (κ1) is 26.5. The van der Waals surface area contributed by atoms with Crippen LogP contribution in [0.15, 0.2) is 12.1 Å². The maximum absolute atomic E-state index is 12.4. The van der Waals surface area contributed by atoms with E-state index in [4.69, 9.17) is 9.47 Å². The topological polar surface area (TPSA) is 63.7 Å². The van der Waals surface area contributed by atoms with Crippen LogP contribution in [0, 0.1) is 0 Å². The summed E-state index contributed by atoms with van der Waals surface area (Å²) in [6.45, 7) is 1.19. The molecule has 192 valence electrons. The molecule has 1 saturated heterocycles. The number of fused-ring (bicyclic) bond motifs is 1. The number of aromatic nitrogens is 1. The van der Waals surface area contributed by atoms with E-state index < -0.39 is 37.7 Å². The van der Waals surface area contributed by atoms with Crippen molar-refractivity contribution in [3.05, 3.63) is 23.4 Å². The van der Waals surface area contributed by atoms with Crippen molar-refractivity contribution in [3.8, 4) is 5.88 Å². The number of alkyl halides is 6. The summed E-state index contributed by atoms with van der Waals surface area (Å²) in [6, 6.07) is 2.96. The van der Waals surface area contributed by atoms with Crippen LogP contribution >= 0.6 is 0 Å². The largest absolute Gasteiger partial charge is 0.468 e. The molecule has 0 aromatic carbocycles. The first-order valence-electron chi connectivity index (χ1n) is 11.4. The molecule has 6 nitrogen and oxygen atoms in total. The Hall–Kier alpha value is -2.08. The molecule has 3 heterocycles. The van der Waals surface area contributed by atoms with Gasteiger partial charge < -0.3 is 19.7 Å². The van der Waals surface area contributed by atoms with E-state index in [0.717, 1.165) is 37.2 Å². The lowest BCUT2D eigenvalue weighted by Crippen LogP contribution is -2.43. The molecule has 2 atom stereocenters. The van der Waals surface area contributed by atoms with Gasteiger partial charge in [0.15, 0.2) is 6.61 Å². The van der Waals surface area contributed by atoms with Crippen LogP contribution in [0.4, 0.5) is 26.3 Å². The summed E-state index contributed by atoms with van der Waals surface area (Å²) < 4.78 is 84.3. The van der Waals surface area contributed by atoms with Gasteiger partial charge in [-0.3, -0.25) is 4.79 Å². The van der Waals surface area contributed by atoms with Crippen molar-refractivity contribution in [2.75, 3.05) is 32.8 Å². The van der Waals surface area contributed by atoms with Crippen molar-refractivity contribution in [1.29, 1.82) is 0 Å². The van der Waals surface area contributed by atoms with E-state index in [9.17, 15) is 31.1 Å². The summed E-state index contributed by atoms with van der Waals surface area (Å²) in [5.41, 5.74) is 1.75. The van der Waals surface area contributed by atoms with E-state index >= 15 is 0 Å². The molecule has 2 aliphatic heterocycles. The highest BCUT2D eigenvalue weighted by Gasteiger charge is 2.30. The third kappa shape index (κ3) is 9.28. The smallest absolute Gasteiger partial charge is 0.422 e. The third-order valence-electron chi connectivity index (χ3n) is 5.93. The lowest BCUT2D eigenvalue weighted by atomic mass is 10.0. The highest BCUT2D eigenvalue weighted by atomic mass is 19.4. The lowest BCUT2D eigenvalue weighted by Gasteiger charge is -2.31. The van der Waals surface area contributed by atoms with Crippen molar-refractivity contribution in [3.63, 3.8) is 0 Å². The van der Waals surface area contributed by atoms with Crippen molar-refractivity contribution in [1.82, 2.24) is 15.2 Å². The van der Waals surface area contributed by atoms with Gasteiger partial charge in [0, 0.05) is 44.2 Å². The molecule has 1 aromatic heterocycles. The van der Waals surface area contributed by atoms with Gasteiger partial charge in [-0.05, 0) is 31.2 Å². The molecular weight excluding hydrogens is 468 g/mol. The number of ether oxygens (including phenoxy) is 2. The highest BCUT2D eigenvalue weighted by molar-refractivity contribution is 5.76. The minimum Gasteiger partial charge on any atom is -0.468 e. The minimum absolute atomic E-state index is 0.00875. The van der Waals surface area contributed by atoms with Gasteiger partial charge in [0.25, 0.3) is 0 Å². The van der Waals surface area contributed by atoms with Crippen LogP contribution in [0.5, 0.6) is 5.88 Å². The number of amides is 1. The Morgan fingerprint density at radius 2 is 1.88 bits per heavy atom. The van der Waals surface area contributed by atoms with Gasteiger partial charge >= 0.3 is 12.4 Å². The van der Waals surface area contributed by atoms with Gasteiger partial charge in [0.2, 0.25) is 11.8 Å². The lowest BCUT2D eigenvalue weighted by molar-refractivity contribution is -0.154. The minimum atomic E-state index is -4.41. The SMILES string of the molecule is O=C(CCC(F)(F)F)N[C@H]1CC[C@H](CCN2CCc3ccc(OCC(F)(F)F)nc3CC2)OC1. The monoisotopic (exact) mass is 497 g/mol. The van der Waals surface area contributed by atoms with Gasteiger partial charge in [-0.25, -0.2) is 4.98 Å². The quantitative estimate of drug-likeness (QED) is 0.554. The van der Waals surface area contributed by atoms with Gasteiger partial charge in [-0.15, -0.1) is 0 Å². The maximum atomic E-state index is 12.4. The van der Waals surface area contributed by atoms with Gasteiger partial charge in [0.1, 0.15) is 0 Å². The molecule has 0 unspecified atom stereocenters. The number of rotatable bonds is 8. The fourth-order valence-electron chi connectivity index (χ4n) is 4.10. The summed E-state index contributed by atoms with van der Waals surface area (Å²) in [5.74, 6) is -0.644. The predicted molar refractivity (Wildman–Crippen MR) is 110 cm³/mol. The molecule has 2 aliphatic rings. The van der Waals surface area contributed by atoms with Crippen LogP contribution in [-0.4, -0.2) is 73.1 Å². The summed E-state index contributed by atoms with van der Waals surface area (Å²) in [7, 11) is 0. The zero-order valence-electron chi connectivity index (χ0n) is 18.7. The molecular formula is C22H29F6N3O3. The second-order valence-electron chi connectivity index (χ2n) is 8.70. The summed E-state index contributed by atoms with van der Waals surface area (Å²) in [6.07, 6.45) is -6.98. The van der Waals surface area contributed by atoms with Gasteiger partial charge in [-0.2, -0.15) is 26.3 Å². The molecule has 0 radical (unpaired) electrons. The average molecular weight is 497 g/mol. The molecule has 34 heavy (non-hydrogen) atoms. The van der Waals surface area contributed by atoms with E-state index in [1.54, 1.807) is 6.07 Å². The first-order valence-corrected chi connectivity index (χ1v) is 11.4. The molecule has 12 heteroatoms. The molecule has 0 bridgehead atoms. The van der Waals surface area contributed by atoms with Crippen molar-refractivity contribution >= 4 is 5.91 Å². The number of halogens is 6. The Morgan fingerprint density at radius 3 is 2.56 bits per heavy atom. The maximum Gasteiger partial charge on any atom is 0.422 e. The first-order chi connectivity index (χ1) is 16.0. The Bertz CT molecular complexity index is 810. The van der Waals surface area contributed by atoms with Crippen LogP contribution in [0.2, 0.25) is 0 Å².